The maximum absolute atomic E-state index is 11.7. The first-order chi connectivity index (χ1) is 19.0. The number of Topliss-reactive ketones (excluding diaryl/α,β-unsaturated/α-hetero) is 1. The Morgan fingerprint density at radius 3 is 2.36 bits per heavy atom. The van der Waals surface area contributed by atoms with Crippen molar-refractivity contribution in [3.63, 3.8) is 0 Å². The lowest BCUT2D eigenvalue weighted by Gasteiger charge is -2.32. The van der Waals surface area contributed by atoms with Gasteiger partial charge in [-0.2, -0.15) is 0 Å². The molecule has 39 heavy (non-hydrogen) atoms. The zero-order valence-electron chi connectivity index (χ0n) is 23.8. The Hall–Kier alpha value is -3.49. The molecule has 1 aliphatic heterocycles. The fraction of sp³-hybridized carbons (Fsp3) is 0.324. The third kappa shape index (κ3) is 8.00. The van der Waals surface area contributed by atoms with E-state index in [0.717, 1.165) is 30.9 Å². The van der Waals surface area contributed by atoms with Crippen LogP contribution in [0.1, 0.15) is 77.7 Å². The van der Waals surface area contributed by atoms with Crippen molar-refractivity contribution in [2.24, 2.45) is 5.92 Å². The Balaban J connectivity index is 1.34. The molecular formula is C37H43NO. The summed E-state index contributed by atoms with van der Waals surface area (Å²) in [6.07, 6.45) is 10.9. The topological polar surface area (TPSA) is 20.3 Å². The molecule has 0 amide bonds. The summed E-state index contributed by atoms with van der Waals surface area (Å²) >= 11 is 0. The average Bonchev–Trinajstić information content (AvgIpc) is 2.97. The summed E-state index contributed by atoms with van der Waals surface area (Å²) in [7, 11) is 0. The molecule has 0 spiro atoms. The minimum atomic E-state index is 0.105. The van der Waals surface area contributed by atoms with Crippen LogP contribution in [-0.4, -0.2) is 23.8 Å². The van der Waals surface area contributed by atoms with Crippen molar-refractivity contribution >= 4 is 17.4 Å². The van der Waals surface area contributed by atoms with Crippen molar-refractivity contribution in [3.05, 3.63) is 131 Å². The highest BCUT2D eigenvalue weighted by Crippen LogP contribution is 2.30. The van der Waals surface area contributed by atoms with Gasteiger partial charge in [0.15, 0.2) is 5.78 Å². The molecule has 1 heterocycles. The first-order valence-corrected chi connectivity index (χ1v) is 14.4. The Labute approximate surface area is 235 Å². The summed E-state index contributed by atoms with van der Waals surface area (Å²) < 4.78 is 0. The van der Waals surface area contributed by atoms with Gasteiger partial charge in [-0.3, -0.25) is 9.69 Å². The van der Waals surface area contributed by atoms with Crippen molar-refractivity contribution in [1.29, 1.82) is 0 Å². The molecule has 0 radical (unpaired) electrons. The van der Waals surface area contributed by atoms with Crippen molar-refractivity contribution < 1.29 is 4.79 Å². The van der Waals surface area contributed by atoms with Crippen LogP contribution in [0, 0.1) is 5.92 Å². The second-order valence-electron chi connectivity index (χ2n) is 11.0. The summed E-state index contributed by atoms with van der Waals surface area (Å²) in [6.45, 7) is 15.2. The largest absolute Gasteiger partial charge is 0.299 e. The molecule has 3 aromatic carbocycles. The predicted molar refractivity (Wildman–Crippen MR) is 167 cm³/mol. The van der Waals surface area contributed by atoms with Crippen LogP contribution in [0.3, 0.4) is 0 Å². The molecule has 1 saturated heterocycles. The van der Waals surface area contributed by atoms with E-state index in [1.807, 2.05) is 24.3 Å². The van der Waals surface area contributed by atoms with Gasteiger partial charge in [-0.25, -0.2) is 0 Å². The molecule has 0 unspecified atom stereocenters. The predicted octanol–water partition coefficient (Wildman–Crippen LogP) is 8.97. The standard InChI is InChI=1S/C37H43NO/c1-5-28(3)37(26-32-17-19-34(20-18-32)29(4)39)36-16-8-7-14-35(36)15-10-12-31-21-23-38(24-22-31)27-33-13-9-11-30(6-2)25-33/h5-9,11,13-14,16-20,25,31H,1-2,10,12,15,21-24,26-27H2,3-4H3/b37-28-. The number of piperidine rings is 1. The molecule has 0 bridgehead atoms. The third-order valence-corrected chi connectivity index (χ3v) is 8.22. The van der Waals surface area contributed by atoms with Crippen LogP contribution >= 0.6 is 0 Å². The molecule has 0 atom stereocenters. The van der Waals surface area contributed by atoms with Crippen LogP contribution in [0.2, 0.25) is 0 Å². The lowest BCUT2D eigenvalue weighted by atomic mass is 9.87. The summed E-state index contributed by atoms with van der Waals surface area (Å²) in [5.41, 5.74) is 9.86. The first-order valence-electron chi connectivity index (χ1n) is 14.4. The van der Waals surface area contributed by atoms with Crippen molar-refractivity contribution in [1.82, 2.24) is 4.90 Å². The van der Waals surface area contributed by atoms with Gasteiger partial charge in [0.2, 0.25) is 0 Å². The smallest absolute Gasteiger partial charge is 0.159 e. The second-order valence-corrected chi connectivity index (χ2v) is 11.0. The molecule has 1 aliphatic rings. The number of ketones is 1. The van der Waals surface area contributed by atoms with E-state index in [-0.39, 0.29) is 5.78 Å². The van der Waals surface area contributed by atoms with Crippen molar-refractivity contribution in [2.75, 3.05) is 13.1 Å². The molecule has 0 saturated carbocycles. The highest BCUT2D eigenvalue weighted by atomic mass is 16.1. The molecule has 3 aromatic rings. The Bertz CT molecular complexity index is 1310. The summed E-state index contributed by atoms with van der Waals surface area (Å²) in [4.78, 5) is 14.3. The van der Waals surface area contributed by atoms with Gasteiger partial charge in [-0.1, -0.05) is 105 Å². The second kappa shape index (κ2) is 14.1. The van der Waals surface area contributed by atoms with Gasteiger partial charge in [-0.15, -0.1) is 0 Å². The number of rotatable bonds is 12. The van der Waals surface area contributed by atoms with E-state index < -0.39 is 0 Å². The zero-order chi connectivity index (χ0) is 27.6. The van der Waals surface area contributed by atoms with Gasteiger partial charge in [0.25, 0.3) is 0 Å². The van der Waals surface area contributed by atoms with Gasteiger partial charge in [0.05, 0.1) is 0 Å². The van der Waals surface area contributed by atoms with E-state index >= 15 is 0 Å². The summed E-state index contributed by atoms with van der Waals surface area (Å²) in [5, 5.41) is 0. The van der Waals surface area contributed by atoms with E-state index in [9.17, 15) is 4.79 Å². The monoisotopic (exact) mass is 517 g/mol. The number of carbonyl (C=O) groups excluding carboxylic acids is 1. The SMILES string of the molecule is C=C/C(C)=C(/Cc1ccc(C(C)=O)cc1)c1ccccc1CCCC1CCN(Cc2cccc(C=C)c2)CC1. The number of carbonyl (C=O) groups is 1. The average molecular weight is 518 g/mol. The van der Waals surface area contributed by atoms with Crippen LogP contribution in [0.25, 0.3) is 11.6 Å². The van der Waals surface area contributed by atoms with Crippen LogP contribution in [0.15, 0.2) is 97.6 Å². The molecule has 2 heteroatoms. The highest BCUT2D eigenvalue weighted by molar-refractivity contribution is 5.94. The maximum atomic E-state index is 11.7. The van der Waals surface area contributed by atoms with E-state index in [1.54, 1.807) is 6.92 Å². The van der Waals surface area contributed by atoms with E-state index in [2.05, 4.69) is 85.6 Å². The van der Waals surface area contributed by atoms with Gasteiger partial charge in [0.1, 0.15) is 0 Å². The van der Waals surface area contributed by atoms with Crippen LogP contribution in [0.4, 0.5) is 0 Å². The fourth-order valence-corrected chi connectivity index (χ4v) is 5.76. The van der Waals surface area contributed by atoms with Gasteiger partial charge < -0.3 is 0 Å². The fourth-order valence-electron chi connectivity index (χ4n) is 5.76. The Morgan fingerprint density at radius 1 is 0.923 bits per heavy atom. The summed E-state index contributed by atoms with van der Waals surface area (Å²) in [6, 6.07) is 25.7. The highest BCUT2D eigenvalue weighted by Gasteiger charge is 2.19. The minimum Gasteiger partial charge on any atom is -0.299 e. The van der Waals surface area contributed by atoms with E-state index in [0.29, 0.717) is 0 Å². The lowest BCUT2D eigenvalue weighted by Crippen LogP contribution is -2.33. The molecule has 202 valence electrons. The first kappa shape index (κ1) is 28.5. The van der Waals surface area contributed by atoms with Gasteiger partial charge in [-0.05, 0) is 104 Å². The minimum absolute atomic E-state index is 0.105. The maximum Gasteiger partial charge on any atom is 0.159 e. The van der Waals surface area contributed by atoms with Crippen LogP contribution < -0.4 is 0 Å². The number of likely N-dealkylation sites (tertiary alicyclic amines) is 1. The molecule has 0 aliphatic carbocycles. The van der Waals surface area contributed by atoms with Gasteiger partial charge in [0, 0.05) is 12.1 Å². The molecule has 1 fully saturated rings. The van der Waals surface area contributed by atoms with Crippen LogP contribution in [0.5, 0.6) is 0 Å². The number of aryl methyl sites for hydroxylation is 1. The van der Waals surface area contributed by atoms with Gasteiger partial charge >= 0.3 is 0 Å². The number of hydrogen-bond donors (Lipinski definition) is 0. The third-order valence-electron chi connectivity index (χ3n) is 8.22. The molecule has 0 aromatic heterocycles. The number of allylic oxidation sites excluding steroid dienone is 3. The Morgan fingerprint density at radius 2 is 1.67 bits per heavy atom. The molecular weight excluding hydrogens is 474 g/mol. The number of nitrogens with zero attached hydrogens (tertiary/aromatic N) is 1. The molecule has 2 nitrogen and oxygen atoms in total. The van der Waals surface area contributed by atoms with E-state index in [4.69, 9.17) is 0 Å². The Kier molecular flexibility index (Phi) is 10.3. The number of benzene rings is 3. The van der Waals surface area contributed by atoms with Crippen molar-refractivity contribution in [2.45, 2.75) is 58.9 Å². The number of hydrogen-bond acceptors (Lipinski definition) is 2. The van der Waals surface area contributed by atoms with Crippen LogP contribution in [-0.2, 0) is 19.4 Å². The van der Waals surface area contributed by atoms with E-state index in [1.165, 1.54) is 77.7 Å². The zero-order valence-corrected chi connectivity index (χ0v) is 23.8. The van der Waals surface area contributed by atoms with Crippen molar-refractivity contribution in [3.8, 4) is 0 Å². The normalized spacial score (nSPS) is 15.0. The lowest BCUT2D eigenvalue weighted by molar-refractivity contribution is 0.101. The summed E-state index contributed by atoms with van der Waals surface area (Å²) in [5.74, 6) is 0.923. The molecule has 0 N–H and O–H groups in total. The molecule has 4 rings (SSSR count). The quantitative estimate of drug-likeness (QED) is 0.176.